The van der Waals surface area contributed by atoms with Gasteiger partial charge in [-0.05, 0) is 43.9 Å². The van der Waals surface area contributed by atoms with Crippen molar-refractivity contribution in [1.29, 1.82) is 0 Å². The fourth-order valence-corrected chi connectivity index (χ4v) is 5.58. The molecule has 1 aromatic heterocycles. The van der Waals surface area contributed by atoms with E-state index in [1.165, 1.54) is 24.4 Å². The van der Waals surface area contributed by atoms with Crippen LogP contribution in [0.25, 0.3) is 0 Å². The lowest BCUT2D eigenvalue weighted by atomic mass is 10.2. The molecule has 0 saturated carbocycles. The van der Waals surface area contributed by atoms with Gasteiger partial charge in [-0.25, -0.2) is 0 Å². The van der Waals surface area contributed by atoms with Gasteiger partial charge in [-0.3, -0.25) is 15.5 Å². The van der Waals surface area contributed by atoms with E-state index in [1.807, 2.05) is 6.07 Å². The van der Waals surface area contributed by atoms with Crippen LogP contribution in [0.2, 0.25) is 0 Å². The molecule has 1 N–H and O–H groups in total. The molecule has 2 saturated heterocycles. The van der Waals surface area contributed by atoms with Gasteiger partial charge in [0, 0.05) is 43.9 Å². The van der Waals surface area contributed by atoms with E-state index in [2.05, 4.69) is 25.3 Å². The molecule has 198 valence electrons. The normalized spacial score (nSPS) is 15.8. The number of rotatable bonds is 9. The Morgan fingerprint density at radius 2 is 1.61 bits per heavy atom. The molecular weight excluding hydrogens is 510 g/mol. The summed E-state index contributed by atoms with van der Waals surface area (Å²) in [6.07, 6.45) is 5.86. The minimum Gasteiger partial charge on any atom is -0.378 e. The molecule has 0 radical (unpaired) electrons. The summed E-state index contributed by atoms with van der Waals surface area (Å²) >= 11 is 0. The SMILES string of the molecule is O=[N+]([O-])c1ccccc1S(=O)(=O)Oc1ccccc1/C=N\Nc1cc(N2CCCC2)nc(N2CCCC2)n1. The molecule has 13 heteroatoms. The van der Waals surface area contributed by atoms with Crippen LogP contribution in [0, 0.1) is 10.1 Å². The Morgan fingerprint density at radius 3 is 2.34 bits per heavy atom. The van der Waals surface area contributed by atoms with Crippen LogP contribution in [-0.2, 0) is 10.1 Å². The smallest absolute Gasteiger partial charge is 0.346 e. The summed E-state index contributed by atoms with van der Waals surface area (Å²) in [6.45, 7) is 3.70. The van der Waals surface area contributed by atoms with Crippen molar-refractivity contribution < 1.29 is 17.5 Å². The first-order valence-corrected chi connectivity index (χ1v) is 13.8. The molecule has 0 amide bonds. The van der Waals surface area contributed by atoms with E-state index in [4.69, 9.17) is 9.17 Å². The number of benzene rings is 2. The first kappa shape index (κ1) is 25.4. The summed E-state index contributed by atoms with van der Waals surface area (Å²) in [4.78, 5) is 23.8. The Bertz CT molecular complexity index is 1420. The highest BCUT2D eigenvalue weighted by Gasteiger charge is 2.28. The quantitative estimate of drug-likeness (QED) is 0.185. The molecule has 5 rings (SSSR count). The Morgan fingerprint density at radius 1 is 0.947 bits per heavy atom. The third kappa shape index (κ3) is 5.67. The van der Waals surface area contributed by atoms with Crippen LogP contribution >= 0.6 is 0 Å². The fourth-order valence-electron chi connectivity index (χ4n) is 4.46. The van der Waals surface area contributed by atoms with Crippen LogP contribution in [0.15, 0.2) is 64.6 Å². The Kier molecular flexibility index (Phi) is 7.36. The second kappa shape index (κ2) is 11.0. The molecule has 3 aromatic rings. The highest BCUT2D eigenvalue weighted by atomic mass is 32.2. The molecule has 0 unspecified atom stereocenters. The molecule has 12 nitrogen and oxygen atoms in total. The Hall–Kier alpha value is -4.26. The van der Waals surface area contributed by atoms with Gasteiger partial charge in [-0.15, -0.1) is 0 Å². The maximum Gasteiger partial charge on any atom is 0.346 e. The van der Waals surface area contributed by atoms with Gasteiger partial charge in [0.05, 0.1) is 11.1 Å². The van der Waals surface area contributed by atoms with Crippen LogP contribution < -0.4 is 19.4 Å². The number of nitro groups is 1. The van der Waals surface area contributed by atoms with Gasteiger partial charge in [0.1, 0.15) is 5.82 Å². The number of hydrogen-bond donors (Lipinski definition) is 1. The van der Waals surface area contributed by atoms with Gasteiger partial charge in [-0.1, -0.05) is 24.3 Å². The first-order chi connectivity index (χ1) is 18.4. The molecule has 3 heterocycles. The Labute approximate surface area is 220 Å². The van der Waals surface area contributed by atoms with Gasteiger partial charge >= 0.3 is 10.1 Å². The fraction of sp³-hybridized carbons (Fsp3) is 0.320. The van der Waals surface area contributed by atoms with E-state index in [-0.39, 0.29) is 5.75 Å². The summed E-state index contributed by atoms with van der Waals surface area (Å²) in [5.74, 6) is 2.00. The number of aromatic nitrogens is 2. The van der Waals surface area contributed by atoms with E-state index < -0.39 is 25.6 Å². The number of hydrogen-bond acceptors (Lipinski definition) is 11. The lowest BCUT2D eigenvalue weighted by Gasteiger charge is -2.21. The van der Waals surface area contributed by atoms with Crippen molar-refractivity contribution in [1.82, 2.24) is 9.97 Å². The average molecular weight is 538 g/mol. The van der Waals surface area contributed by atoms with Crippen LogP contribution in [0.1, 0.15) is 31.2 Å². The average Bonchev–Trinajstić information content (AvgIpc) is 3.65. The Balaban J connectivity index is 1.37. The zero-order chi connectivity index (χ0) is 26.5. The van der Waals surface area contributed by atoms with Crippen molar-refractivity contribution in [2.45, 2.75) is 30.6 Å². The lowest BCUT2D eigenvalue weighted by Crippen LogP contribution is -2.24. The van der Waals surface area contributed by atoms with E-state index >= 15 is 0 Å². The zero-order valence-electron chi connectivity index (χ0n) is 20.6. The predicted octanol–water partition coefficient (Wildman–Crippen LogP) is 3.80. The third-order valence-corrected chi connectivity index (χ3v) is 7.64. The molecule has 2 aliphatic heterocycles. The summed E-state index contributed by atoms with van der Waals surface area (Å²) in [7, 11) is -4.47. The second-order valence-corrected chi connectivity index (χ2v) is 10.5. The molecule has 2 fully saturated rings. The largest absolute Gasteiger partial charge is 0.378 e. The second-order valence-electron chi connectivity index (χ2n) is 8.97. The van der Waals surface area contributed by atoms with Crippen molar-refractivity contribution >= 4 is 39.6 Å². The topological polar surface area (TPSA) is 143 Å². The van der Waals surface area contributed by atoms with E-state index in [0.29, 0.717) is 17.3 Å². The third-order valence-electron chi connectivity index (χ3n) is 6.35. The van der Waals surface area contributed by atoms with Crippen molar-refractivity contribution in [2.75, 3.05) is 41.4 Å². The molecule has 38 heavy (non-hydrogen) atoms. The molecular formula is C25H27N7O5S. The number of hydrazone groups is 1. The van der Waals surface area contributed by atoms with Crippen LogP contribution in [0.3, 0.4) is 0 Å². The van der Waals surface area contributed by atoms with Gasteiger partial charge in [0.2, 0.25) is 5.95 Å². The number of nitro benzene ring substituents is 1. The van der Waals surface area contributed by atoms with Gasteiger partial charge < -0.3 is 14.0 Å². The van der Waals surface area contributed by atoms with Gasteiger partial charge in [-0.2, -0.15) is 23.5 Å². The highest BCUT2D eigenvalue weighted by molar-refractivity contribution is 7.87. The molecule has 2 aliphatic rings. The zero-order valence-corrected chi connectivity index (χ0v) is 21.4. The van der Waals surface area contributed by atoms with Crippen molar-refractivity contribution in [3.8, 4) is 5.75 Å². The van der Waals surface area contributed by atoms with Gasteiger partial charge in [0.15, 0.2) is 16.5 Å². The van der Waals surface area contributed by atoms with E-state index in [1.54, 1.807) is 18.2 Å². The van der Waals surface area contributed by atoms with E-state index in [9.17, 15) is 18.5 Å². The summed E-state index contributed by atoms with van der Waals surface area (Å²) < 4.78 is 31.1. The predicted molar refractivity (Wildman–Crippen MR) is 143 cm³/mol. The number of anilines is 3. The molecule has 2 aromatic carbocycles. The van der Waals surface area contributed by atoms with Crippen molar-refractivity contribution in [3.05, 3.63) is 70.3 Å². The molecule has 0 spiro atoms. The maximum absolute atomic E-state index is 12.9. The van der Waals surface area contributed by atoms with Gasteiger partial charge in [0.25, 0.3) is 5.69 Å². The molecule has 0 bridgehead atoms. The first-order valence-electron chi connectivity index (χ1n) is 12.4. The van der Waals surface area contributed by atoms with Crippen LogP contribution in [0.5, 0.6) is 5.75 Å². The number of nitrogens with one attached hydrogen (secondary N) is 1. The van der Waals surface area contributed by atoms with E-state index in [0.717, 1.165) is 69.8 Å². The van der Waals surface area contributed by atoms with Crippen LogP contribution in [-0.4, -0.2) is 55.7 Å². The lowest BCUT2D eigenvalue weighted by molar-refractivity contribution is -0.387. The summed E-state index contributed by atoms with van der Waals surface area (Å²) in [5, 5.41) is 15.6. The maximum atomic E-state index is 12.9. The van der Waals surface area contributed by atoms with Crippen LogP contribution in [0.4, 0.5) is 23.3 Å². The van der Waals surface area contributed by atoms with Crippen molar-refractivity contribution in [2.24, 2.45) is 5.10 Å². The standard InChI is InChI=1S/C25H27N7O5S/c33-32(34)20-10-2-4-12-22(20)38(35,36)37-21-11-3-1-9-19(21)18-26-29-23-17-24(30-13-5-6-14-30)28-25(27-23)31-15-7-8-16-31/h1-4,9-12,17-18H,5-8,13-16H2,(H,27,28,29)/b26-18-. The minimum atomic E-state index is -4.47. The van der Waals surface area contributed by atoms with Crippen molar-refractivity contribution in [3.63, 3.8) is 0 Å². The summed E-state index contributed by atoms with van der Waals surface area (Å²) in [6, 6.07) is 13.3. The molecule has 0 atom stereocenters. The number of para-hydroxylation sites is 2. The summed E-state index contributed by atoms with van der Waals surface area (Å²) in [5.41, 5.74) is 2.73. The monoisotopic (exact) mass is 537 g/mol. The number of nitrogens with zero attached hydrogens (tertiary/aromatic N) is 6. The highest BCUT2D eigenvalue weighted by Crippen LogP contribution is 2.28. The minimum absolute atomic E-state index is 0.0191. The molecule has 0 aliphatic carbocycles.